The lowest BCUT2D eigenvalue weighted by molar-refractivity contribution is 0.188. The second-order valence-electron chi connectivity index (χ2n) is 3.66. The van der Waals surface area contributed by atoms with E-state index in [2.05, 4.69) is 13.5 Å². The number of hydrogen-bond acceptors (Lipinski definition) is 2. The van der Waals surface area contributed by atoms with Gasteiger partial charge < -0.3 is 8.85 Å². The molecule has 0 amide bonds. The summed E-state index contributed by atoms with van der Waals surface area (Å²) in [4.78, 5) is 0. The molecule has 1 radical (unpaired) electrons. The third-order valence-corrected chi connectivity index (χ3v) is 5.34. The van der Waals surface area contributed by atoms with Crippen molar-refractivity contribution in [3.63, 3.8) is 0 Å². The van der Waals surface area contributed by atoms with Gasteiger partial charge in [-0.05, 0) is 26.4 Å². The van der Waals surface area contributed by atoms with Crippen LogP contribution >= 0.6 is 0 Å². The lowest BCUT2D eigenvalue weighted by Gasteiger charge is -2.25. The zero-order chi connectivity index (χ0) is 10.9. The fourth-order valence-corrected chi connectivity index (χ4v) is 4.08. The van der Waals surface area contributed by atoms with Crippen LogP contribution < -0.4 is 0 Å². The summed E-state index contributed by atoms with van der Waals surface area (Å²) >= 11 is 0. The Labute approximate surface area is 90.2 Å². The van der Waals surface area contributed by atoms with Crippen LogP contribution in [0.4, 0.5) is 0 Å². The standard InChI is InChI=1S/C11H25O2Si/c1-5-8-9-10-11-14(4,12-6-2)13-7-3/h1,5-11H2,2-4H3. The van der Waals surface area contributed by atoms with Gasteiger partial charge in [-0.1, -0.05) is 32.6 Å². The summed E-state index contributed by atoms with van der Waals surface area (Å²) in [5, 5.41) is 0. The van der Waals surface area contributed by atoms with Crippen LogP contribution in [0.1, 0.15) is 39.5 Å². The van der Waals surface area contributed by atoms with E-state index in [1.54, 1.807) is 0 Å². The van der Waals surface area contributed by atoms with Crippen molar-refractivity contribution in [3.8, 4) is 0 Å². The highest BCUT2D eigenvalue weighted by atomic mass is 28.4. The minimum atomic E-state index is -1.82. The first-order valence-corrected chi connectivity index (χ1v) is 8.28. The molecule has 0 aromatic heterocycles. The van der Waals surface area contributed by atoms with E-state index in [0.29, 0.717) is 0 Å². The van der Waals surface area contributed by atoms with Crippen molar-refractivity contribution in [2.45, 2.75) is 52.1 Å². The highest BCUT2D eigenvalue weighted by Gasteiger charge is 2.29. The van der Waals surface area contributed by atoms with Crippen LogP contribution in [0.25, 0.3) is 0 Å². The number of unbranched alkanes of at least 4 members (excludes halogenated alkanes) is 3. The first kappa shape index (κ1) is 14.1. The SMILES string of the molecule is [CH2]CCCCC[Si](C)(OCC)OCC. The van der Waals surface area contributed by atoms with E-state index in [9.17, 15) is 0 Å². The summed E-state index contributed by atoms with van der Waals surface area (Å²) in [5.41, 5.74) is 0. The molecule has 3 heteroatoms. The molecule has 0 aromatic rings. The Bertz CT molecular complexity index is 122. The van der Waals surface area contributed by atoms with Crippen molar-refractivity contribution in [2.75, 3.05) is 13.2 Å². The van der Waals surface area contributed by atoms with E-state index in [4.69, 9.17) is 8.85 Å². The molecule has 0 spiro atoms. The predicted octanol–water partition coefficient (Wildman–Crippen LogP) is 3.53. The Morgan fingerprint density at radius 3 is 2.00 bits per heavy atom. The summed E-state index contributed by atoms with van der Waals surface area (Å²) in [6, 6.07) is 1.12. The van der Waals surface area contributed by atoms with Crippen LogP contribution in [0.3, 0.4) is 0 Å². The molecule has 0 saturated heterocycles. The zero-order valence-corrected chi connectivity index (χ0v) is 11.0. The van der Waals surface area contributed by atoms with E-state index in [-0.39, 0.29) is 0 Å². The lowest BCUT2D eigenvalue weighted by Crippen LogP contribution is -2.38. The quantitative estimate of drug-likeness (QED) is 0.434. The topological polar surface area (TPSA) is 18.5 Å². The molecule has 0 aliphatic carbocycles. The summed E-state index contributed by atoms with van der Waals surface area (Å²) < 4.78 is 11.5. The lowest BCUT2D eigenvalue weighted by atomic mass is 10.2. The highest BCUT2D eigenvalue weighted by molar-refractivity contribution is 6.66. The van der Waals surface area contributed by atoms with E-state index in [1.807, 2.05) is 13.8 Å². The van der Waals surface area contributed by atoms with Gasteiger partial charge in [0.2, 0.25) is 0 Å². The molecule has 0 aliphatic heterocycles. The van der Waals surface area contributed by atoms with Gasteiger partial charge in [-0.3, -0.25) is 0 Å². The molecule has 0 unspecified atom stereocenters. The van der Waals surface area contributed by atoms with Gasteiger partial charge >= 0.3 is 8.56 Å². The predicted molar refractivity (Wildman–Crippen MR) is 63.5 cm³/mol. The van der Waals surface area contributed by atoms with Gasteiger partial charge in [0.1, 0.15) is 0 Å². The normalized spacial score (nSPS) is 12.0. The average molecular weight is 217 g/mol. The van der Waals surface area contributed by atoms with Gasteiger partial charge in [-0.2, -0.15) is 0 Å². The van der Waals surface area contributed by atoms with Crippen molar-refractivity contribution >= 4 is 8.56 Å². The van der Waals surface area contributed by atoms with Crippen LogP contribution in [-0.2, 0) is 8.85 Å². The molecule has 0 aromatic carbocycles. The Hall–Kier alpha value is 0.137. The van der Waals surface area contributed by atoms with Gasteiger partial charge in [0.15, 0.2) is 0 Å². The molecule has 0 saturated carbocycles. The largest absolute Gasteiger partial charge is 0.395 e. The molecule has 0 atom stereocenters. The Morgan fingerprint density at radius 1 is 1.00 bits per heavy atom. The molecule has 14 heavy (non-hydrogen) atoms. The van der Waals surface area contributed by atoms with Crippen LogP contribution in [-0.4, -0.2) is 21.8 Å². The van der Waals surface area contributed by atoms with Gasteiger partial charge in [-0.25, -0.2) is 0 Å². The number of rotatable bonds is 9. The fourth-order valence-electron chi connectivity index (χ4n) is 1.60. The Balaban J connectivity index is 3.71. The maximum atomic E-state index is 5.75. The molecule has 0 fully saturated rings. The number of hydrogen-bond donors (Lipinski definition) is 0. The monoisotopic (exact) mass is 217 g/mol. The minimum absolute atomic E-state index is 0.776. The Morgan fingerprint density at radius 2 is 1.57 bits per heavy atom. The second kappa shape index (κ2) is 8.45. The third-order valence-electron chi connectivity index (χ3n) is 2.28. The molecule has 2 nitrogen and oxygen atoms in total. The van der Waals surface area contributed by atoms with Gasteiger partial charge in [0.25, 0.3) is 0 Å². The maximum absolute atomic E-state index is 5.75. The van der Waals surface area contributed by atoms with Gasteiger partial charge in [-0.15, -0.1) is 0 Å². The molecule has 0 aliphatic rings. The van der Waals surface area contributed by atoms with Gasteiger partial charge in [0, 0.05) is 13.2 Å². The summed E-state index contributed by atoms with van der Waals surface area (Å²) in [6.07, 6.45) is 4.74. The maximum Gasteiger partial charge on any atom is 0.334 e. The van der Waals surface area contributed by atoms with Gasteiger partial charge in [0.05, 0.1) is 0 Å². The van der Waals surface area contributed by atoms with E-state index >= 15 is 0 Å². The highest BCUT2D eigenvalue weighted by Crippen LogP contribution is 2.18. The fraction of sp³-hybridized carbons (Fsp3) is 0.909. The molecule has 0 N–H and O–H groups in total. The van der Waals surface area contributed by atoms with Crippen LogP contribution in [0.15, 0.2) is 0 Å². The molecule has 85 valence electrons. The van der Waals surface area contributed by atoms with E-state index in [0.717, 1.165) is 25.7 Å². The molecular formula is C11H25O2Si. The van der Waals surface area contributed by atoms with E-state index in [1.165, 1.54) is 19.3 Å². The smallest absolute Gasteiger partial charge is 0.334 e. The third kappa shape index (κ3) is 6.57. The van der Waals surface area contributed by atoms with E-state index < -0.39 is 8.56 Å². The first-order valence-electron chi connectivity index (χ1n) is 5.75. The summed E-state index contributed by atoms with van der Waals surface area (Å²) in [5.74, 6) is 0. The van der Waals surface area contributed by atoms with Crippen molar-refractivity contribution < 1.29 is 8.85 Å². The van der Waals surface area contributed by atoms with Crippen molar-refractivity contribution in [2.24, 2.45) is 0 Å². The van der Waals surface area contributed by atoms with Crippen molar-refractivity contribution in [1.82, 2.24) is 0 Å². The zero-order valence-electron chi connectivity index (χ0n) is 9.97. The molecule has 0 bridgehead atoms. The molecule has 0 rings (SSSR count). The Kier molecular flexibility index (Phi) is 8.53. The van der Waals surface area contributed by atoms with Crippen LogP contribution in [0.2, 0.25) is 12.6 Å². The molecular weight excluding hydrogens is 192 g/mol. The first-order chi connectivity index (χ1) is 6.68. The summed E-state index contributed by atoms with van der Waals surface area (Å²) in [6.45, 7) is 11.6. The minimum Gasteiger partial charge on any atom is -0.395 e. The van der Waals surface area contributed by atoms with Crippen LogP contribution in [0, 0.1) is 6.92 Å². The summed E-state index contributed by atoms with van der Waals surface area (Å²) in [7, 11) is -1.82. The van der Waals surface area contributed by atoms with Crippen LogP contribution in [0.5, 0.6) is 0 Å². The second-order valence-corrected chi connectivity index (χ2v) is 7.01. The average Bonchev–Trinajstić information content (AvgIpc) is 2.13. The van der Waals surface area contributed by atoms with Crippen molar-refractivity contribution in [3.05, 3.63) is 6.92 Å². The van der Waals surface area contributed by atoms with Crippen molar-refractivity contribution in [1.29, 1.82) is 0 Å². The molecule has 0 heterocycles.